The molecule has 5 aliphatic heterocycles. The van der Waals surface area contributed by atoms with Gasteiger partial charge < -0.3 is 19.5 Å². The molecule has 10 nitrogen and oxygen atoms in total. The lowest BCUT2D eigenvalue weighted by molar-refractivity contribution is -0.167. The topological polar surface area (TPSA) is 113 Å². The van der Waals surface area contributed by atoms with Crippen LogP contribution in [0.3, 0.4) is 0 Å². The van der Waals surface area contributed by atoms with Crippen LogP contribution in [0.1, 0.15) is 50.5 Å². The average molecular weight is 658 g/mol. The molecule has 1 spiro atoms. The number of anilines is 1. The predicted molar refractivity (Wildman–Crippen MR) is 166 cm³/mol. The minimum atomic E-state index is -2.80. The number of nitrogens with zero attached hydrogens (tertiary/aromatic N) is 6. The van der Waals surface area contributed by atoms with Crippen LogP contribution < -0.4 is 9.64 Å². The molecule has 7 bridgehead atoms. The molecule has 14 heteroatoms. The minimum Gasteiger partial charge on any atom is -0.447 e. The Labute approximate surface area is 268 Å². The maximum absolute atomic E-state index is 16.9. The molecule has 10 rings (SSSR count). The van der Waals surface area contributed by atoms with Gasteiger partial charge in [-0.3, -0.25) is 15.0 Å². The van der Waals surface area contributed by atoms with E-state index in [1.807, 2.05) is 0 Å². The number of fused-ring (bicyclic) bond motifs is 1. The van der Waals surface area contributed by atoms with Gasteiger partial charge in [0.1, 0.15) is 23.8 Å². The zero-order valence-corrected chi connectivity index (χ0v) is 26.1. The van der Waals surface area contributed by atoms with Crippen LogP contribution in [0.2, 0.25) is 5.02 Å². The lowest BCUT2D eigenvalue weighted by Crippen LogP contribution is -2.60. The fraction of sp³-hybridized carbons (Fsp3) is 0.562. The number of likely N-dealkylation sites (tertiary alicyclic amines) is 1. The molecule has 0 unspecified atom stereocenters. The Morgan fingerprint density at radius 2 is 1.91 bits per heavy atom. The molecule has 46 heavy (non-hydrogen) atoms. The highest BCUT2D eigenvalue weighted by atomic mass is 35.5. The quantitative estimate of drug-likeness (QED) is 0.295. The highest BCUT2D eigenvalue weighted by Crippen LogP contribution is 2.54. The average Bonchev–Trinajstić information content (AvgIpc) is 3.47. The Balaban J connectivity index is 1.27. The van der Waals surface area contributed by atoms with Gasteiger partial charge in [0.05, 0.1) is 35.9 Å². The van der Waals surface area contributed by atoms with E-state index in [9.17, 15) is 13.9 Å². The van der Waals surface area contributed by atoms with E-state index < -0.39 is 23.9 Å². The first-order valence-corrected chi connectivity index (χ1v) is 16.3. The van der Waals surface area contributed by atoms with E-state index >= 15 is 4.39 Å². The summed E-state index contributed by atoms with van der Waals surface area (Å²) in [5, 5.41) is 19.9. The van der Waals surface area contributed by atoms with Crippen LogP contribution in [0.15, 0.2) is 18.5 Å². The third-order valence-electron chi connectivity index (χ3n) is 9.98. The molecule has 2 N–H and O–H groups in total. The molecule has 4 aromatic rings. The van der Waals surface area contributed by atoms with Gasteiger partial charge in [-0.15, -0.1) is 0 Å². The van der Waals surface area contributed by atoms with Crippen LogP contribution in [-0.4, -0.2) is 92.8 Å². The van der Waals surface area contributed by atoms with Crippen molar-refractivity contribution in [2.75, 3.05) is 51.0 Å². The van der Waals surface area contributed by atoms with Crippen molar-refractivity contribution in [1.82, 2.24) is 30.0 Å². The maximum Gasteiger partial charge on any atom is 0.320 e. The zero-order valence-electron chi connectivity index (χ0n) is 25.3. The summed E-state index contributed by atoms with van der Waals surface area (Å²) in [5.74, 6) is -2.99. The maximum atomic E-state index is 16.9. The SMILES string of the molecule is OC12COCCCc3c(Cl)cc4[nH]ncc4c3-c3ncc4c(nc(OCN5CCCC(F)(F)C5)nc4c3F)N3CCCC(C3)(C1)C2. The highest BCUT2D eigenvalue weighted by molar-refractivity contribution is 6.33. The number of hydrogen-bond acceptors (Lipinski definition) is 9. The number of benzene rings is 1. The summed E-state index contributed by atoms with van der Waals surface area (Å²) in [6, 6.07) is 1.68. The summed E-state index contributed by atoms with van der Waals surface area (Å²) in [6.07, 6.45) is 7.48. The third kappa shape index (κ3) is 5.34. The van der Waals surface area contributed by atoms with E-state index in [1.54, 1.807) is 18.5 Å². The van der Waals surface area contributed by atoms with Crippen molar-refractivity contribution < 1.29 is 27.8 Å². The number of alkyl halides is 2. The Hall–Kier alpha value is -3.26. The van der Waals surface area contributed by atoms with Gasteiger partial charge in [0.2, 0.25) is 0 Å². The number of nitrogens with one attached hydrogen (secondary N) is 1. The van der Waals surface area contributed by atoms with E-state index in [4.69, 9.17) is 26.1 Å². The van der Waals surface area contributed by atoms with Crippen LogP contribution in [-0.2, 0) is 11.2 Å². The number of aliphatic hydroxyl groups is 1. The molecular formula is C32H35ClF3N7O3. The fourth-order valence-corrected chi connectivity index (χ4v) is 8.46. The third-order valence-corrected chi connectivity index (χ3v) is 10.3. The van der Waals surface area contributed by atoms with Gasteiger partial charge in [-0.2, -0.15) is 15.1 Å². The number of aromatic amines is 1. The van der Waals surface area contributed by atoms with E-state index in [-0.39, 0.29) is 42.4 Å². The molecular weight excluding hydrogens is 623 g/mol. The second-order valence-electron chi connectivity index (χ2n) is 13.6. The van der Waals surface area contributed by atoms with Gasteiger partial charge in [-0.1, -0.05) is 11.6 Å². The molecule has 244 valence electrons. The largest absolute Gasteiger partial charge is 0.447 e. The first-order valence-electron chi connectivity index (χ1n) is 15.9. The molecule has 0 radical (unpaired) electrons. The van der Waals surface area contributed by atoms with Gasteiger partial charge in [0.15, 0.2) is 5.82 Å². The second-order valence-corrected chi connectivity index (χ2v) is 14.0. The lowest BCUT2D eigenvalue weighted by Gasteiger charge is -2.57. The molecule has 0 atom stereocenters. The first kappa shape index (κ1) is 30.1. The number of aromatic nitrogens is 5. The summed E-state index contributed by atoms with van der Waals surface area (Å²) in [6.45, 7) is 1.81. The Kier molecular flexibility index (Phi) is 7.31. The monoisotopic (exact) mass is 657 g/mol. The van der Waals surface area contributed by atoms with Crippen molar-refractivity contribution in [3.05, 3.63) is 34.9 Å². The first-order chi connectivity index (χ1) is 22.1. The minimum absolute atomic E-state index is 0.0222. The summed E-state index contributed by atoms with van der Waals surface area (Å²) < 4.78 is 57.1. The molecule has 1 saturated carbocycles. The van der Waals surface area contributed by atoms with Crippen LogP contribution in [0.5, 0.6) is 6.01 Å². The molecule has 6 aliphatic rings. The number of hydrogen-bond donors (Lipinski definition) is 2. The second kappa shape index (κ2) is 11.2. The van der Waals surface area contributed by atoms with Crippen molar-refractivity contribution >= 4 is 39.2 Å². The van der Waals surface area contributed by atoms with E-state index in [0.29, 0.717) is 96.6 Å². The van der Waals surface area contributed by atoms with Gasteiger partial charge in [0.25, 0.3) is 5.92 Å². The van der Waals surface area contributed by atoms with Gasteiger partial charge in [0, 0.05) is 54.8 Å². The molecule has 1 aromatic carbocycles. The van der Waals surface area contributed by atoms with Crippen LogP contribution in [0.4, 0.5) is 19.0 Å². The molecule has 1 aliphatic carbocycles. The number of halogens is 4. The fourth-order valence-electron chi connectivity index (χ4n) is 8.16. The highest BCUT2D eigenvalue weighted by Gasteiger charge is 2.55. The van der Waals surface area contributed by atoms with E-state index in [1.165, 1.54) is 4.90 Å². The van der Waals surface area contributed by atoms with Crippen molar-refractivity contribution in [2.45, 2.75) is 62.9 Å². The van der Waals surface area contributed by atoms with Crippen LogP contribution in [0, 0.1) is 11.2 Å². The molecule has 3 aromatic heterocycles. The normalized spacial score (nSPS) is 26.7. The Bertz CT molecular complexity index is 1820. The number of H-pyrrole nitrogens is 1. The van der Waals surface area contributed by atoms with Crippen molar-refractivity contribution in [3.8, 4) is 17.3 Å². The van der Waals surface area contributed by atoms with Gasteiger partial charge >= 0.3 is 6.01 Å². The number of rotatable bonds is 3. The number of ether oxygens (including phenoxy) is 2. The zero-order chi connectivity index (χ0) is 31.7. The smallest absolute Gasteiger partial charge is 0.320 e. The van der Waals surface area contributed by atoms with Crippen LogP contribution in [0.25, 0.3) is 33.1 Å². The Morgan fingerprint density at radius 1 is 1.07 bits per heavy atom. The molecule has 8 heterocycles. The van der Waals surface area contributed by atoms with Crippen molar-refractivity contribution in [2.24, 2.45) is 5.41 Å². The van der Waals surface area contributed by atoms with Crippen molar-refractivity contribution in [1.29, 1.82) is 0 Å². The van der Waals surface area contributed by atoms with E-state index in [2.05, 4.69) is 25.1 Å². The summed E-state index contributed by atoms with van der Waals surface area (Å²) >= 11 is 6.79. The summed E-state index contributed by atoms with van der Waals surface area (Å²) in [7, 11) is 0. The Morgan fingerprint density at radius 3 is 2.76 bits per heavy atom. The predicted octanol–water partition coefficient (Wildman–Crippen LogP) is 5.50. The van der Waals surface area contributed by atoms with Gasteiger partial charge in [-0.25, -0.2) is 13.2 Å². The number of pyridine rings is 1. The lowest BCUT2D eigenvalue weighted by atomic mass is 9.56. The van der Waals surface area contributed by atoms with E-state index in [0.717, 1.165) is 12.8 Å². The molecule has 0 amide bonds. The number of piperidine rings is 2. The van der Waals surface area contributed by atoms with Crippen LogP contribution >= 0.6 is 11.6 Å². The summed E-state index contributed by atoms with van der Waals surface area (Å²) in [4.78, 5) is 17.5. The summed E-state index contributed by atoms with van der Waals surface area (Å²) in [5.41, 5.74) is 0.899. The molecule has 2 saturated heterocycles. The standard InChI is InChI=1S/C32H35ClF3N7O3/c33-22-10-23-20(12-38-41-23)24-19(22)4-1-9-45-17-31(44)13-30(14-31)5-2-8-43(15-30)28-21-11-37-27(24)25(34)26(21)39-29(40-28)46-18-42-7-3-6-32(35,36)16-42/h10-12,44H,1-9,13-18H2,(H,38,41). The van der Waals surface area contributed by atoms with Crippen molar-refractivity contribution in [3.63, 3.8) is 0 Å². The molecule has 3 fully saturated rings. The van der Waals surface area contributed by atoms with Gasteiger partial charge in [-0.05, 0) is 62.0 Å².